The Kier molecular flexibility index (Phi) is 4.54. The van der Waals surface area contributed by atoms with Crippen molar-refractivity contribution in [1.29, 1.82) is 0 Å². The van der Waals surface area contributed by atoms with Gasteiger partial charge in [0.2, 0.25) is 0 Å². The van der Waals surface area contributed by atoms with Gasteiger partial charge in [0.05, 0.1) is 0 Å². The third-order valence-electron chi connectivity index (χ3n) is 2.30. The highest BCUT2D eigenvalue weighted by Gasteiger charge is 2.14. The summed E-state index contributed by atoms with van der Waals surface area (Å²) in [5, 5.41) is 0. The van der Waals surface area contributed by atoms with Gasteiger partial charge in [-0.3, -0.25) is 0 Å². The van der Waals surface area contributed by atoms with E-state index in [4.69, 9.17) is 0 Å². The molecule has 0 saturated carbocycles. The zero-order valence-electron chi connectivity index (χ0n) is 9.62. The predicted octanol–water partition coefficient (Wildman–Crippen LogP) is 4.02. The minimum absolute atomic E-state index is 0.154. The van der Waals surface area contributed by atoms with E-state index in [2.05, 4.69) is 36.3 Å². The highest BCUT2D eigenvalue weighted by Crippen LogP contribution is 2.23. The molecule has 98 valence electrons. The summed E-state index contributed by atoms with van der Waals surface area (Å²) in [6, 6.07) is 13.8. The van der Waals surface area contributed by atoms with E-state index < -0.39 is 10.0 Å². The summed E-state index contributed by atoms with van der Waals surface area (Å²) < 4.78 is 29.2. The Hall–Kier alpha value is -0.980. The van der Waals surface area contributed by atoms with Gasteiger partial charge in [0.1, 0.15) is 4.90 Å². The molecule has 0 aliphatic rings. The maximum absolute atomic E-state index is 12.1. The summed E-state index contributed by atoms with van der Waals surface area (Å²) >= 11 is 6.53. The van der Waals surface area contributed by atoms with Gasteiger partial charge in [-0.25, -0.2) is 0 Å². The first-order valence-electron chi connectivity index (χ1n) is 5.29. The normalized spacial score (nSPS) is 11.9. The molecule has 0 heterocycles. The molecule has 0 radical (unpaired) electrons. The molecule has 0 atom stereocenters. The van der Waals surface area contributed by atoms with Crippen molar-refractivity contribution in [2.45, 2.75) is 4.90 Å². The number of rotatable bonds is 3. The Morgan fingerprint density at radius 2 is 1.74 bits per heavy atom. The zero-order chi connectivity index (χ0) is 13.9. The lowest BCUT2D eigenvalue weighted by atomic mass is 10.2. The molecule has 0 aromatic heterocycles. The molecule has 6 heteroatoms. The maximum Gasteiger partial charge on any atom is 0.283 e. The summed E-state index contributed by atoms with van der Waals surface area (Å²) in [4.78, 5) is 0.154. The quantitative estimate of drug-likeness (QED) is 0.728. The molecule has 0 fully saturated rings. The number of sulfonamides is 1. The fourth-order valence-electron chi connectivity index (χ4n) is 1.43. The van der Waals surface area contributed by atoms with Gasteiger partial charge in [0.15, 0.2) is 0 Å². The molecule has 2 aromatic carbocycles. The molecule has 0 aliphatic heterocycles. The Balaban J connectivity index is 2.35. The minimum Gasteiger partial charge on any atom is -0.199 e. The molecule has 0 aliphatic carbocycles. The van der Waals surface area contributed by atoms with E-state index in [0.29, 0.717) is 10.0 Å². The lowest BCUT2D eigenvalue weighted by Gasteiger charge is -2.01. The first-order chi connectivity index (χ1) is 8.99. The van der Waals surface area contributed by atoms with E-state index >= 15 is 0 Å². The third kappa shape index (κ3) is 3.75. The summed E-state index contributed by atoms with van der Waals surface area (Å²) in [7, 11) is -3.69. The first kappa shape index (κ1) is 14.4. The Morgan fingerprint density at radius 3 is 2.42 bits per heavy atom. The highest BCUT2D eigenvalue weighted by atomic mass is 79.9. The van der Waals surface area contributed by atoms with E-state index in [1.54, 1.807) is 30.3 Å². The lowest BCUT2D eigenvalue weighted by Crippen LogP contribution is -1.98. The molecule has 2 aromatic rings. The van der Waals surface area contributed by atoms with Gasteiger partial charge in [-0.15, -0.1) is 0 Å². The van der Waals surface area contributed by atoms with E-state index in [9.17, 15) is 8.42 Å². The minimum atomic E-state index is -3.69. The van der Waals surface area contributed by atoms with Crippen molar-refractivity contribution in [3.05, 3.63) is 63.0 Å². The second kappa shape index (κ2) is 5.98. The Bertz CT molecular complexity index is 727. The summed E-state index contributed by atoms with van der Waals surface area (Å²) in [6.45, 7) is 0. The van der Waals surface area contributed by atoms with Crippen LogP contribution in [0.5, 0.6) is 0 Å². The molecule has 19 heavy (non-hydrogen) atoms. The van der Waals surface area contributed by atoms with Crippen LogP contribution in [0.15, 0.2) is 66.8 Å². The first-order valence-corrected chi connectivity index (χ1v) is 8.32. The van der Waals surface area contributed by atoms with E-state index in [1.807, 2.05) is 12.1 Å². The third-order valence-corrected chi connectivity index (χ3v) is 5.05. The molecule has 0 bridgehead atoms. The second-order valence-corrected chi connectivity index (χ2v) is 7.07. The summed E-state index contributed by atoms with van der Waals surface area (Å²) in [6.07, 6.45) is 1.33. The average Bonchev–Trinajstić information content (AvgIpc) is 2.37. The number of nitrogens with zero attached hydrogens (tertiary/aromatic N) is 1. The van der Waals surface area contributed by atoms with Crippen LogP contribution in [0.25, 0.3) is 0 Å². The number of hydrogen-bond donors (Lipinski definition) is 0. The molecule has 0 amide bonds. The molecule has 0 saturated heterocycles. The van der Waals surface area contributed by atoms with Gasteiger partial charge in [-0.05, 0) is 45.8 Å². The van der Waals surface area contributed by atoms with E-state index in [0.717, 1.165) is 4.47 Å². The van der Waals surface area contributed by atoms with Crippen LogP contribution >= 0.6 is 31.9 Å². The molecule has 2 rings (SSSR count). The van der Waals surface area contributed by atoms with Crippen molar-refractivity contribution in [2.75, 3.05) is 0 Å². The van der Waals surface area contributed by atoms with Gasteiger partial charge in [-0.1, -0.05) is 40.2 Å². The smallest absolute Gasteiger partial charge is 0.199 e. The monoisotopic (exact) mass is 401 g/mol. The van der Waals surface area contributed by atoms with Crippen LogP contribution in [-0.4, -0.2) is 14.6 Å². The van der Waals surface area contributed by atoms with Gasteiger partial charge in [0.25, 0.3) is 10.0 Å². The molecule has 0 N–H and O–H groups in total. The van der Waals surface area contributed by atoms with Gasteiger partial charge in [0, 0.05) is 15.2 Å². The Morgan fingerprint density at radius 1 is 1.00 bits per heavy atom. The molecule has 0 spiro atoms. The van der Waals surface area contributed by atoms with Crippen molar-refractivity contribution in [3.8, 4) is 0 Å². The molecular formula is C13H9Br2NO2S. The topological polar surface area (TPSA) is 46.5 Å². The van der Waals surface area contributed by atoms with Gasteiger partial charge < -0.3 is 0 Å². The van der Waals surface area contributed by atoms with Gasteiger partial charge >= 0.3 is 0 Å². The number of hydrogen-bond acceptors (Lipinski definition) is 2. The van der Waals surface area contributed by atoms with Crippen LogP contribution in [0.2, 0.25) is 0 Å². The van der Waals surface area contributed by atoms with Crippen LogP contribution in [0.4, 0.5) is 0 Å². The fraction of sp³-hybridized carbons (Fsp3) is 0. The lowest BCUT2D eigenvalue weighted by molar-refractivity contribution is 0.597. The van der Waals surface area contributed by atoms with Crippen molar-refractivity contribution in [1.82, 2.24) is 0 Å². The zero-order valence-corrected chi connectivity index (χ0v) is 13.6. The maximum atomic E-state index is 12.1. The van der Waals surface area contributed by atoms with Crippen LogP contribution in [-0.2, 0) is 10.0 Å². The van der Waals surface area contributed by atoms with Crippen molar-refractivity contribution in [2.24, 2.45) is 4.40 Å². The van der Waals surface area contributed by atoms with Crippen LogP contribution < -0.4 is 0 Å². The number of benzene rings is 2. The van der Waals surface area contributed by atoms with Crippen LogP contribution in [0.1, 0.15) is 5.56 Å². The van der Waals surface area contributed by atoms with Crippen molar-refractivity contribution >= 4 is 48.1 Å². The molecular weight excluding hydrogens is 394 g/mol. The van der Waals surface area contributed by atoms with Crippen molar-refractivity contribution in [3.63, 3.8) is 0 Å². The standard InChI is InChI=1S/C13H9Br2NO2S/c14-11-5-3-4-10(8-11)9-16-19(17,18)13-7-2-1-6-12(13)15/h1-9H/b16-9+. The SMILES string of the molecule is O=S(=O)(/N=C/c1cccc(Br)c1)c1ccccc1Br. The molecule has 3 nitrogen and oxygen atoms in total. The van der Waals surface area contributed by atoms with Crippen LogP contribution in [0, 0.1) is 0 Å². The summed E-state index contributed by atoms with van der Waals surface area (Å²) in [5.41, 5.74) is 0.713. The van der Waals surface area contributed by atoms with E-state index in [-0.39, 0.29) is 4.90 Å². The van der Waals surface area contributed by atoms with Crippen LogP contribution in [0.3, 0.4) is 0 Å². The Labute approximate surface area is 128 Å². The molecule has 0 unspecified atom stereocenters. The van der Waals surface area contributed by atoms with Gasteiger partial charge in [-0.2, -0.15) is 12.8 Å². The second-order valence-electron chi connectivity index (χ2n) is 3.70. The fourth-order valence-corrected chi connectivity index (χ4v) is 3.68. The van der Waals surface area contributed by atoms with Crippen molar-refractivity contribution < 1.29 is 8.42 Å². The largest absolute Gasteiger partial charge is 0.283 e. The predicted molar refractivity (Wildman–Crippen MR) is 83.1 cm³/mol. The van der Waals surface area contributed by atoms with E-state index in [1.165, 1.54) is 12.3 Å². The number of halogens is 2. The summed E-state index contributed by atoms with van der Waals surface area (Å²) in [5.74, 6) is 0. The highest BCUT2D eigenvalue weighted by molar-refractivity contribution is 9.10. The average molecular weight is 403 g/mol.